The number of amides is 3. The summed E-state index contributed by atoms with van der Waals surface area (Å²) in [5, 5.41) is 2.84. The minimum atomic E-state index is -0.937. The first-order valence-corrected chi connectivity index (χ1v) is 9.51. The minimum Gasteiger partial charge on any atom is -0.497 e. The van der Waals surface area contributed by atoms with Gasteiger partial charge in [0.1, 0.15) is 17.1 Å². The molecule has 3 amide bonds. The standard InChI is InChI=1S/C22H26FN3O3/c1-22(13-12-16-6-10-19(29-3)11-7-16)20(27)26(21(28)24-22)15-25(2)14-17-4-8-18(23)9-5-17/h4-11H,12-15H2,1-3H3,(H,24,28)/t22-/m1/s1. The van der Waals surface area contributed by atoms with Crippen molar-refractivity contribution in [1.29, 1.82) is 0 Å². The third kappa shape index (κ3) is 4.92. The van der Waals surface area contributed by atoms with Gasteiger partial charge in [-0.3, -0.25) is 9.69 Å². The number of rotatable bonds is 8. The second-order valence-corrected chi connectivity index (χ2v) is 7.63. The SMILES string of the molecule is COc1ccc(CC[C@@]2(C)NC(=O)N(CN(C)Cc3ccc(F)cc3)C2=O)cc1. The van der Waals surface area contributed by atoms with Gasteiger partial charge in [-0.2, -0.15) is 0 Å². The van der Waals surface area contributed by atoms with Crippen molar-refractivity contribution in [3.8, 4) is 5.75 Å². The molecule has 0 spiro atoms. The fourth-order valence-corrected chi connectivity index (χ4v) is 3.42. The van der Waals surface area contributed by atoms with Crippen molar-refractivity contribution in [2.24, 2.45) is 0 Å². The molecule has 2 aromatic carbocycles. The highest BCUT2D eigenvalue weighted by Crippen LogP contribution is 2.24. The van der Waals surface area contributed by atoms with E-state index in [-0.39, 0.29) is 18.4 Å². The number of hydrogen-bond donors (Lipinski definition) is 1. The van der Waals surface area contributed by atoms with Crippen molar-refractivity contribution in [3.63, 3.8) is 0 Å². The van der Waals surface area contributed by atoms with Gasteiger partial charge in [-0.05, 0) is 62.2 Å². The van der Waals surface area contributed by atoms with E-state index < -0.39 is 11.6 Å². The van der Waals surface area contributed by atoms with Gasteiger partial charge in [0.2, 0.25) is 0 Å². The minimum absolute atomic E-state index is 0.167. The second kappa shape index (κ2) is 8.61. The number of halogens is 1. The molecule has 3 rings (SSSR count). The van der Waals surface area contributed by atoms with Gasteiger partial charge >= 0.3 is 6.03 Å². The number of imide groups is 1. The van der Waals surface area contributed by atoms with Gasteiger partial charge in [-0.1, -0.05) is 24.3 Å². The van der Waals surface area contributed by atoms with Gasteiger partial charge in [-0.15, -0.1) is 0 Å². The third-order valence-corrected chi connectivity index (χ3v) is 5.17. The molecule has 2 aromatic rings. The molecule has 1 atom stereocenters. The lowest BCUT2D eigenvalue weighted by Crippen LogP contribution is -2.45. The maximum atomic E-state index is 13.0. The highest BCUT2D eigenvalue weighted by atomic mass is 19.1. The quantitative estimate of drug-likeness (QED) is 0.693. The van der Waals surface area contributed by atoms with Crippen LogP contribution in [0.4, 0.5) is 9.18 Å². The first-order valence-electron chi connectivity index (χ1n) is 9.51. The molecule has 0 unspecified atom stereocenters. The van der Waals surface area contributed by atoms with Crippen LogP contribution in [-0.2, 0) is 17.8 Å². The van der Waals surface area contributed by atoms with Gasteiger partial charge in [0, 0.05) is 6.54 Å². The average Bonchev–Trinajstić information content (AvgIpc) is 2.92. The molecule has 1 aliphatic heterocycles. The number of nitrogens with one attached hydrogen (secondary N) is 1. The summed E-state index contributed by atoms with van der Waals surface area (Å²) in [5.74, 6) is 0.251. The van der Waals surface area contributed by atoms with E-state index >= 15 is 0 Å². The lowest BCUT2D eigenvalue weighted by Gasteiger charge is -2.24. The zero-order chi connectivity index (χ0) is 21.0. The molecule has 1 aliphatic rings. The predicted molar refractivity (Wildman–Crippen MR) is 108 cm³/mol. The Hall–Kier alpha value is -2.93. The van der Waals surface area contributed by atoms with Crippen LogP contribution in [0.3, 0.4) is 0 Å². The van der Waals surface area contributed by atoms with Crippen molar-refractivity contribution in [2.45, 2.75) is 31.8 Å². The van der Waals surface area contributed by atoms with Gasteiger partial charge < -0.3 is 10.1 Å². The smallest absolute Gasteiger partial charge is 0.326 e. The molecule has 154 valence electrons. The maximum Gasteiger partial charge on any atom is 0.326 e. The summed E-state index contributed by atoms with van der Waals surface area (Å²) < 4.78 is 18.2. The van der Waals surface area contributed by atoms with Crippen LogP contribution < -0.4 is 10.1 Å². The van der Waals surface area contributed by atoms with E-state index in [0.29, 0.717) is 19.4 Å². The maximum absolute atomic E-state index is 13.0. The third-order valence-electron chi connectivity index (χ3n) is 5.17. The molecule has 1 fully saturated rings. The predicted octanol–water partition coefficient (Wildman–Crippen LogP) is 3.17. The lowest BCUT2D eigenvalue weighted by atomic mass is 9.93. The molecular weight excluding hydrogens is 373 g/mol. The van der Waals surface area contributed by atoms with Crippen molar-refractivity contribution in [3.05, 3.63) is 65.5 Å². The second-order valence-electron chi connectivity index (χ2n) is 7.63. The average molecular weight is 399 g/mol. The number of benzene rings is 2. The number of carbonyl (C=O) groups excluding carboxylic acids is 2. The number of hydrogen-bond acceptors (Lipinski definition) is 4. The Balaban J connectivity index is 1.59. The van der Waals surface area contributed by atoms with Crippen LogP contribution in [-0.4, -0.2) is 48.1 Å². The number of nitrogens with zero attached hydrogens (tertiary/aromatic N) is 2. The lowest BCUT2D eigenvalue weighted by molar-refractivity contribution is -0.132. The number of urea groups is 1. The molecule has 29 heavy (non-hydrogen) atoms. The van der Waals surface area contributed by atoms with Crippen molar-refractivity contribution < 1.29 is 18.7 Å². The Morgan fingerprint density at radius 3 is 2.31 bits per heavy atom. The first-order chi connectivity index (χ1) is 13.8. The molecule has 1 heterocycles. The topological polar surface area (TPSA) is 61.9 Å². The molecule has 0 aliphatic carbocycles. The number of methoxy groups -OCH3 is 1. The van der Waals surface area contributed by atoms with Crippen LogP contribution >= 0.6 is 0 Å². The van der Waals surface area contributed by atoms with Crippen LogP contribution in [0.15, 0.2) is 48.5 Å². The van der Waals surface area contributed by atoms with Gasteiger partial charge in [0.15, 0.2) is 0 Å². The summed E-state index contributed by atoms with van der Waals surface area (Å²) in [6.45, 7) is 2.43. The van der Waals surface area contributed by atoms with Crippen LogP contribution in [0.1, 0.15) is 24.5 Å². The molecule has 6 nitrogen and oxygen atoms in total. The summed E-state index contributed by atoms with van der Waals surface area (Å²) >= 11 is 0. The molecule has 0 bridgehead atoms. The Labute approximate surface area is 170 Å². The summed E-state index contributed by atoms with van der Waals surface area (Å²) in [6.07, 6.45) is 1.16. The number of carbonyl (C=O) groups is 2. The molecule has 1 saturated heterocycles. The van der Waals surface area contributed by atoms with E-state index in [1.807, 2.05) is 36.2 Å². The van der Waals surface area contributed by atoms with Crippen molar-refractivity contribution in [2.75, 3.05) is 20.8 Å². The van der Waals surface area contributed by atoms with E-state index in [2.05, 4.69) is 5.32 Å². The molecule has 0 aromatic heterocycles. The summed E-state index contributed by atoms with van der Waals surface area (Å²) in [7, 11) is 3.43. The van der Waals surface area contributed by atoms with Gasteiger partial charge in [-0.25, -0.2) is 14.1 Å². The molecule has 0 radical (unpaired) electrons. The van der Waals surface area contributed by atoms with Gasteiger partial charge in [0.25, 0.3) is 5.91 Å². The van der Waals surface area contributed by atoms with Crippen LogP contribution in [0.2, 0.25) is 0 Å². The van der Waals surface area contributed by atoms with Crippen LogP contribution in [0, 0.1) is 5.82 Å². The number of aryl methyl sites for hydroxylation is 1. The van der Waals surface area contributed by atoms with Crippen molar-refractivity contribution >= 4 is 11.9 Å². The van der Waals surface area contributed by atoms with Crippen molar-refractivity contribution in [1.82, 2.24) is 15.1 Å². The first kappa shape index (κ1) is 20.8. The Morgan fingerprint density at radius 1 is 1.07 bits per heavy atom. The summed E-state index contributed by atoms with van der Waals surface area (Å²) in [6, 6.07) is 13.5. The molecular formula is C22H26FN3O3. The van der Waals surface area contributed by atoms with E-state index in [1.54, 1.807) is 26.2 Å². The highest BCUT2D eigenvalue weighted by molar-refractivity contribution is 6.06. The summed E-state index contributed by atoms with van der Waals surface area (Å²) in [5.41, 5.74) is 1.04. The Bertz CT molecular complexity index is 870. The largest absolute Gasteiger partial charge is 0.497 e. The molecule has 7 heteroatoms. The Morgan fingerprint density at radius 2 is 1.69 bits per heavy atom. The summed E-state index contributed by atoms with van der Waals surface area (Å²) in [4.78, 5) is 28.4. The fraction of sp³-hybridized carbons (Fsp3) is 0.364. The zero-order valence-corrected chi connectivity index (χ0v) is 16.9. The van der Waals surface area contributed by atoms with E-state index in [4.69, 9.17) is 4.74 Å². The van der Waals surface area contributed by atoms with E-state index in [0.717, 1.165) is 16.9 Å². The van der Waals surface area contributed by atoms with E-state index in [1.165, 1.54) is 17.0 Å². The van der Waals surface area contributed by atoms with Crippen LogP contribution in [0.5, 0.6) is 5.75 Å². The normalized spacial score (nSPS) is 19.0. The van der Waals surface area contributed by atoms with Crippen LogP contribution in [0.25, 0.3) is 0 Å². The fourth-order valence-electron chi connectivity index (χ4n) is 3.42. The molecule has 0 saturated carbocycles. The van der Waals surface area contributed by atoms with Gasteiger partial charge in [0.05, 0.1) is 13.8 Å². The molecule has 1 N–H and O–H groups in total. The zero-order valence-electron chi connectivity index (χ0n) is 16.9. The monoisotopic (exact) mass is 399 g/mol. The van der Waals surface area contributed by atoms with E-state index in [9.17, 15) is 14.0 Å². The number of ether oxygens (including phenoxy) is 1. The Kier molecular flexibility index (Phi) is 6.17. The highest BCUT2D eigenvalue weighted by Gasteiger charge is 2.47.